The topological polar surface area (TPSA) is 60.2 Å². The Morgan fingerprint density at radius 3 is 2.83 bits per heavy atom. The fourth-order valence-corrected chi connectivity index (χ4v) is 4.81. The summed E-state index contributed by atoms with van der Waals surface area (Å²) in [5, 5.41) is 5.33. The summed E-state index contributed by atoms with van der Waals surface area (Å²) < 4.78 is 8.06. The first kappa shape index (κ1) is 22.1. The molecule has 178 valence electrons. The number of halogens is 1. The molecule has 0 saturated heterocycles. The molecule has 0 spiro atoms. The van der Waals surface area contributed by atoms with Crippen LogP contribution >= 0.6 is 11.6 Å². The minimum absolute atomic E-state index is 0.0229. The average molecular weight is 487 g/mol. The Hall–Kier alpha value is -3.35. The predicted molar refractivity (Wildman–Crippen MR) is 138 cm³/mol. The number of hydrogen-bond donors (Lipinski definition) is 1. The van der Waals surface area contributed by atoms with Gasteiger partial charge in [0.1, 0.15) is 5.75 Å². The highest BCUT2D eigenvalue weighted by molar-refractivity contribution is 6.31. The van der Waals surface area contributed by atoms with E-state index in [0.29, 0.717) is 29.3 Å². The lowest BCUT2D eigenvalue weighted by atomic mass is 9.99. The van der Waals surface area contributed by atoms with Gasteiger partial charge in [-0.05, 0) is 80.0 Å². The SMILES string of the molecule is Cc1ccc(CC2CONC(c3cc4cc(Cl)cn4nc3Oc3cccc(C4CC4)c3)=N2)c(C)c1. The number of rotatable bonds is 6. The van der Waals surface area contributed by atoms with Crippen LogP contribution in [-0.2, 0) is 11.3 Å². The van der Waals surface area contributed by atoms with E-state index < -0.39 is 0 Å². The van der Waals surface area contributed by atoms with Crippen molar-refractivity contribution < 1.29 is 9.57 Å². The van der Waals surface area contributed by atoms with Crippen LogP contribution in [0.1, 0.15) is 46.6 Å². The average Bonchev–Trinajstić information content (AvgIpc) is 3.63. The van der Waals surface area contributed by atoms with Crippen molar-refractivity contribution in [2.45, 2.75) is 45.1 Å². The van der Waals surface area contributed by atoms with Crippen molar-refractivity contribution in [3.8, 4) is 11.6 Å². The molecule has 1 atom stereocenters. The van der Waals surface area contributed by atoms with Crippen molar-refractivity contribution in [1.29, 1.82) is 0 Å². The minimum atomic E-state index is -0.0229. The molecule has 0 bridgehead atoms. The largest absolute Gasteiger partial charge is 0.437 e. The Morgan fingerprint density at radius 1 is 1.11 bits per heavy atom. The number of nitrogens with zero attached hydrogens (tertiary/aromatic N) is 3. The van der Waals surface area contributed by atoms with E-state index in [0.717, 1.165) is 23.3 Å². The maximum atomic E-state index is 6.33. The first-order valence-electron chi connectivity index (χ1n) is 12.0. The molecule has 7 heteroatoms. The van der Waals surface area contributed by atoms with Crippen LogP contribution in [0.4, 0.5) is 0 Å². The molecule has 2 aromatic carbocycles. The molecule has 2 aliphatic rings. The molecule has 1 unspecified atom stereocenters. The van der Waals surface area contributed by atoms with Crippen LogP contribution in [0.5, 0.6) is 11.6 Å². The molecular weight excluding hydrogens is 460 g/mol. The third kappa shape index (κ3) is 4.77. The smallest absolute Gasteiger partial charge is 0.248 e. The summed E-state index contributed by atoms with van der Waals surface area (Å²) in [5.41, 5.74) is 9.69. The molecule has 2 aromatic heterocycles. The van der Waals surface area contributed by atoms with Crippen molar-refractivity contribution in [3.05, 3.63) is 93.6 Å². The third-order valence-electron chi connectivity index (χ3n) is 6.60. The number of hydrogen-bond acceptors (Lipinski definition) is 5. The molecule has 3 heterocycles. The van der Waals surface area contributed by atoms with E-state index in [2.05, 4.69) is 49.7 Å². The second kappa shape index (κ2) is 9.02. The highest BCUT2D eigenvalue weighted by Gasteiger charge is 2.25. The Morgan fingerprint density at radius 2 is 2.00 bits per heavy atom. The molecule has 1 fully saturated rings. The lowest BCUT2D eigenvalue weighted by Gasteiger charge is -2.23. The van der Waals surface area contributed by atoms with Crippen LogP contribution in [0.2, 0.25) is 5.02 Å². The van der Waals surface area contributed by atoms with Gasteiger partial charge in [0.2, 0.25) is 5.88 Å². The highest BCUT2D eigenvalue weighted by atomic mass is 35.5. The third-order valence-corrected chi connectivity index (χ3v) is 6.81. The molecule has 0 amide bonds. The summed E-state index contributed by atoms with van der Waals surface area (Å²) in [4.78, 5) is 10.8. The van der Waals surface area contributed by atoms with Crippen LogP contribution < -0.4 is 10.2 Å². The lowest BCUT2D eigenvalue weighted by Crippen LogP contribution is -2.37. The Labute approximate surface area is 209 Å². The number of aryl methyl sites for hydroxylation is 2. The molecule has 0 radical (unpaired) electrons. The summed E-state index contributed by atoms with van der Waals surface area (Å²) in [6.07, 6.45) is 5.04. The number of fused-ring (bicyclic) bond motifs is 1. The zero-order chi connectivity index (χ0) is 23.9. The number of amidine groups is 1. The maximum Gasteiger partial charge on any atom is 0.248 e. The van der Waals surface area contributed by atoms with Gasteiger partial charge in [0, 0.05) is 6.20 Å². The second-order valence-corrected chi connectivity index (χ2v) is 9.95. The number of hydroxylamine groups is 1. The van der Waals surface area contributed by atoms with Gasteiger partial charge in [-0.3, -0.25) is 9.83 Å². The highest BCUT2D eigenvalue weighted by Crippen LogP contribution is 2.41. The van der Waals surface area contributed by atoms with E-state index >= 15 is 0 Å². The molecule has 4 aromatic rings. The molecule has 1 aliphatic heterocycles. The second-order valence-electron chi connectivity index (χ2n) is 9.52. The van der Waals surface area contributed by atoms with Gasteiger partial charge in [-0.15, -0.1) is 5.10 Å². The van der Waals surface area contributed by atoms with Crippen molar-refractivity contribution >= 4 is 23.0 Å². The molecule has 1 saturated carbocycles. The van der Waals surface area contributed by atoms with Gasteiger partial charge in [0.25, 0.3) is 0 Å². The number of nitrogens with one attached hydrogen (secondary N) is 1. The zero-order valence-electron chi connectivity index (χ0n) is 19.8. The number of aliphatic imine (C=N–C) groups is 1. The lowest BCUT2D eigenvalue weighted by molar-refractivity contribution is 0.0623. The predicted octanol–water partition coefficient (Wildman–Crippen LogP) is 6.17. The molecular formula is C28H27ClN4O2. The van der Waals surface area contributed by atoms with Crippen molar-refractivity contribution in [2.24, 2.45) is 4.99 Å². The van der Waals surface area contributed by atoms with E-state index in [1.165, 1.54) is 35.1 Å². The van der Waals surface area contributed by atoms with Gasteiger partial charge in [0.15, 0.2) is 5.84 Å². The van der Waals surface area contributed by atoms with E-state index in [1.54, 1.807) is 10.7 Å². The summed E-state index contributed by atoms with van der Waals surface area (Å²) >= 11 is 6.26. The van der Waals surface area contributed by atoms with Gasteiger partial charge in [-0.1, -0.05) is 47.5 Å². The maximum absolute atomic E-state index is 6.33. The van der Waals surface area contributed by atoms with Crippen LogP contribution in [0.15, 0.2) is 65.8 Å². The normalized spacial score (nSPS) is 17.8. The molecule has 35 heavy (non-hydrogen) atoms. The van der Waals surface area contributed by atoms with Crippen LogP contribution in [0, 0.1) is 13.8 Å². The zero-order valence-corrected chi connectivity index (χ0v) is 20.5. The molecule has 6 nitrogen and oxygen atoms in total. The summed E-state index contributed by atoms with van der Waals surface area (Å²) in [7, 11) is 0. The van der Waals surface area contributed by atoms with Crippen LogP contribution in [0.3, 0.4) is 0 Å². The minimum Gasteiger partial charge on any atom is -0.437 e. The number of benzene rings is 2. The Bertz CT molecular complexity index is 1440. The van der Waals surface area contributed by atoms with Crippen molar-refractivity contribution in [1.82, 2.24) is 15.1 Å². The van der Waals surface area contributed by atoms with Gasteiger partial charge in [-0.2, -0.15) is 0 Å². The van der Waals surface area contributed by atoms with Crippen molar-refractivity contribution in [3.63, 3.8) is 0 Å². The first-order valence-corrected chi connectivity index (χ1v) is 12.4. The standard InChI is InChI=1S/C28H27ClN4O2/c1-17-6-7-20(18(2)10-17)11-23-16-34-32-27(30-23)26-14-24-13-22(29)15-33(24)31-28(26)35-25-5-3-4-21(12-25)19-8-9-19/h3-7,10,12-15,19,23H,8-9,11,16H2,1-2H3,(H,30,32). The van der Waals surface area contributed by atoms with Crippen LogP contribution in [-0.4, -0.2) is 28.1 Å². The Balaban J connectivity index is 1.36. The summed E-state index contributed by atoms with van der Waals surface area (Å²) in [6, 6.07) is 18.6. The fraction of sp³-hybridized carbons (Fsp3) is 0.286. The number of ether oxygens (including phenoxy) is 1. The van der Waals surface area contributed by atoms with Gasteiger partial charge >= 0.3 is 0 Å². The van der Waals surface area contributed by atoms with E-state index in [1.807, 2.05) is 24.3 Å². The van der Waals surface area contributed by atoms with E-state index in [9.17, 15) is 0 Å². The van der Waals surface area contributed by atoms with Crippen molar-refractivity contribution in [2.75, 3.05) is 6.61 Å². The Kier molecular flexibility index (Phi) is 5.71. The number of aromatic nitrogens is 2. The first-order chi connectivity index (χ1) is 17.0. The van der Waals surface area contributed by atoms with E-state index in [4.69, 9.17) is 31.3 Å². The molecule has 6 rings (SSSR count). The molecule has 1 aliphatic carbocycles. The summed E-state index contributed by atoms with van der Waals surface area (Å²) in [6.45, 7) is 4.74. The summed E-state index contributed by atoms with van der Waals surface area (Å²) in [5.74, 6) is 2.44. The quantitative estimate of drug-likeness (QED) is 0.354. The monoisotopic (exact) mass is 486 g/mol. The van der Waals surface area contributed by atoms with Gasteiger partial charge in [0.05, 0.1) is 28.8 Å². The molecule has 1 N–H and O–H groups in total. The fourth-order valence-electron chi connectivity index (χ4n) is 4.61. The van der Waals surface area contributed by atoms with Gasteiger partial charge < -0.3 is 4.74 Å². The van der Waals surface area contributed by atoms with Crippen LogP contribution in [0.25, 0.3) is 5.52 Å². The van der Waals surface area contributed by atoms with E-state index in [-0.39, 0.29) is 6.04 Å². The van der Waals surface area contributed by atoms with Gasteiger partial charge in [-0.25, -0.2) is 10.00 Å².